The Labute approximate surface area is 204 Å². The number of hydrogen-bond donors (Lipinski definition) is 1. The van der Waals surface area contributed by atoms with Crippen LogP contribution in [-0.2, 0) is 26.2 Å². The molecule has 0 bridgehead atoms. The highest BCUT2D eigenvalue weighted by atomic mass is 35.5. The van der Waals surface area contributed by atoms with Gasteiger partial charge in [0, 0.05) is 29.2 Å². The summed E-state index contributed by atoms with van der Waals surface area (Å²) >= 11 is 12.6. The van der Waals surface area contributed by atoms with Crippen LogP contribution in [-0.4, -0.2) is 58.1 Å². The Bertz CT molecular complexity index is 1090. The molecule has 0 aromatic heterocycles. The van der Waals surface area contributed by atoms with E-state index >= 15 is 0 Å². The lowest BCUT2D eigenvalue weighted by atomic mass is 10.1. The zero-order valence-electron chi connectivity index (χ0n) is 18.8. The minimum absolute atomic E-state index is 0.0766. The molecule has 0 aliphatic heterocycles. The van der Waals surface area contributed by atoms with E-state index in [1.165, 1.54) is 19.1 Å². The van der Waals surface area contributed by atoms with Gasteiger partial charge in [-0.1, -0.05) is 48.3 Å². The Morgan fingerprint density at radius 2 is 1.70 bits per heavy atom. The van der Waals surface area contributed by atoms with Crippen molar-refractivity contribution >= 4 is 50.7 Å². The van der Waals surface area contributed by atoms with Crippen molar-refractivity contribution in [3.05, 3.63) is 58.1 Å². The van der Waals surface area contributed by atoms with Crippen LogP contribution in [0, 0.1) is 0 Å². The molecule has 180 valence electrons. The fraction of sp³-hybridized carbons (Fsp3) is 0.364. The molecule has 1 N–H and O–H groups in total. The highest BCUT2D eigenvalue weighted by Gasteiger charge is 2.32. The third kappa shape index (κ3) is 6.52. The van der Waals surface area contributed by atoms with Crippen LogP contribution in [0.5, 0.6) is 5.75 Å². The number of amides is 2. The van der Waals surface area contributed by atoms with Crippen molar-refractivity contribution in [2.75, 3.05) is 31.3 Å². The third-order valence-electron chi connectivity index (χ3n) is 5.06. The molecule has 0 spiro atoms. The van der Waals surface area contributed by atoms with Crippen LogP contribution in [0.15, 0.2) is 42.5 Å². The summed E-state index contributed by atoms with van der Waals surface area (Å²) in [5.41, 5.74) is 0.666. The number of anilines is 1. The summed E-state index contributed by atoms with van der Waals surface area (Å²) in [5.74, 6) is -0.704. The number of ether oxygens (including phenoxy) is 1. The molecule has 2 rings (SSSR count). The molecule has 2 amide bonds. The van der Waals surface area contributed by atoms with E-state index in [0.717, 1.165) is 10.6 Å². The zero-order chi connectivity index (χ0) is 24.8. The van der Waals surface area contributed by atoms with Crippen LogP contribution in [0.1, 0.15) is 18.9 Å². The maximum atomic E-state index is 13.5. The number of methoxy groups -OCH3 is 1. The van der Waals surface area contributed by atoms with Gasteiger partial charge in [0.1, 0.15) is 18.3 Å². The van der Waals surface area contributed by atoms with Gasteiger partial charge in [-0.15, -0.1) is 0 Å². The molecule has 0 heterocycles. The summed E-state index contributed by atoms with van der Waals surface area (Å²) in [4.78, 5) is 27.4. The summed E-state index contributed by atoms with van der Waals surface area (Å²) in [7, 11) is -0.999. The van der Waals surface area contributed by atoms with Crippen molar-refractivity contribution in [1.29, 1.82) is 0 Å². The van der Waals surface area contributed by atoms with Crippen LogP contribution < -0.4 is 14.4 Å². The van der Waals surface area contributed by atoms with E-state index in [4.69, 9.17) is 27.9 Å². The molecule has 0 aliphatic carbocycles. The van der Waals surface area contributed by atoms with Gasteiger partial charge >= 0.3 is 0 Å². The van der Waals surface area contributed by atoms with Gasteiger partial charge in [-0.2, -0.15) is 0 Å². The van der Waals surface area contributed by atoms with Gasteiger partial charge in [0.05, 0.1) is 19.1 Å². The van der Waals surface area contributed by atoms with Crippen molar-refractivity contribution in [2.24, 2.45) is 0 Å². The van der Waals surface area contributed by atoms with Crippen molar-refractivity contribution in [3.63, 3.8) is 0 Å². The molecule has 2 aromatic carbocycles. The van der Waals surface area contributed by atoms with Crippen LogP contribution >= 0.6 is 23.2 Å². The predicted molar refractivity (Wildman–Crippen MR) is 130 cm³/mol. The standard InChI is InChI=1S/C22H27Cl2N3O5S/c1-5-18(22(29)25-2)26(13-15-16(23)9-8-10-17(15)24)21(28)14-27(33(4,30)31)19-11-6-7-12-20(19)32-3/h6-12,18H,5,13-14H2,1-4H3,(H,25,29)/t18-/m0/s1. The van der Waals surface area contributed by atoms with Gasteiger partial charge in [0.15, 0.2) is 0 Å². The molecule has 1 atom stereocenters. The molecule has 0 fully saturated rings. The van der Waals surface area contributed by atoms with Crippen molar-refractivity contribution < 1.29 is 22.7 Å². The van der Waals surface area contributed by atoms with E-state index in [0.29, 0.717) is 22.0 Å². The number of benzene rings is 2. The minimum Gasteiger partial charge on any atom is -0.495 e. The fourth-order valence-corrected chi connectivity index (χ4v) is 4.74. The minimum atomic E-state index is -3.87. The van der Waals surface area contributed by atoms with E-state index < -0.39 is 34.4 Å². The second kappa shape index (κ2) is 11.6. The summed E-state index contributed by atoms with van der Waals surface area (Å²) < 4.78 is 31.5. The first-order chi connectivity index (χ1) is 15.5. The van der Waals surface area contributed by atoms with Crippen LogP contribution in [0.3, 0.4) is 0 Å². The summed E-state index contributed by atoms with van der Waals surface area (Å²) in [6.07, 6.45) is 1.29. The number of halogens is 2. The Morgan fingerprint density at radius 3 is 2.21 bits per heavy atom. The molecule has 0 saturated heterocycles. The maximum Gasteiger partial charge on any atom is 0.244 e. The third-order valence-corrected chi connectivity index (χ3v) is 6.89. The first-order valence-electron chi connectivity index (χ1n) is 10.1. The zero-order valence-corrected chi connectivity index (χ0v) is 21.2. The molecule has 8 nitrogen and oxygen atoms in total. The average molecular weight is 516 g/mol. The first-order valence-corrected chi connectivity index (χ1v) is 12.7. The van der Waals surface area contributed by atoms with E-state index in [2.05, 4.69) is 5.32 Å². The lowest BCUT2D eigenvalue weighted by Gasteiger charge is -2.33. The predicted octanol–water partition coefficient (Wildman–Crippen LogP) is 3.32. The molecule has 2 aromatic rings. The Kier molecular flexibility index (Phi) is 9.39. The maximum absolute atomic E-state index is 13.5. The Morgan fingerprint density at radius 1 is 1.09 bits per heavy atom. The number of carbonyl (C=O) groups excluding carboxylic acids is 2. The molecule has 11 heteroatoms. The molecule has 0 radical (unpaired) electrons. The van der Waals surface area contributed by atoms with Gasteiger partial charge in [-0.25, -0.2) is 8.42 Å². The van der Waals surface area contributed by atoms with E-state index in [1.54, 1.807) is 49.4 Å². The number of carbonyl (C=O) groups is 2. The highest BCUT2D eigenvalue weighted by Crippen LogP contribution is 2.31. The van der Waals surface area contributed by atoms with Crippen LogP contribution in [0.2, 0.25) is 10.0 Å². The van der Waals surface area contributed by atoms with Crippen molar-refractivity contribution in [2.45, 2.75) is 25.9 Å². The smallest absolute Gasteiger partial charge is 0.244 e. The number of likely N-dealkylation sites (N-methyl/N-ethyl adjacent to an activating group) is 1. The monoisotopic (exact) mass is 515 g/mol. The van der Waals surface area contributed by atoms with Gasteiger partial charge < -0.3 is 15.0 Å². The van der Waals surface area contributed by atoms with Gasteiger partial charge in [-0.3, -0.25) is 13.9 Å². The van der Waals surface area contributed by atoms with Crippen molar-refractivity contribution in [1.82, 2.24) is 10.2 Å². The van der Waals surface area contributed by atoms with E-state index in [9.17, 15) is 18.0 Å². The topological polar surface area (TPSA) is 96.0 Å². The van der Waals surface area contributed by atoms with Crippen LogP contribution in [0.4, 0.5) is 5.69 Å². The number of para-hydroxylation sites is 2. The molecular formula is C22H27Cl2N3O5S. The number of rotatable bonds is 10. The van der Waals surface area contributed by atoms with E-state index in [1.807, 2.05) is 0 Å². The van der Waals surface area contributed by atoms with Gasteiger partial charge in [0.25, 0.3) is 0 Å². The number of hydrogen-bond acceptors (Lipinski definition) is 5. The summed E-state index contributed by atoms with van der Waals surface area (Å²) in [6.45, 7) is 1.13. The molecule has 0 aliphatic rings. The molecule has 33 heavy (non-hydrogen) atoms. The first kappa shape index (κ1) is 26.8. The van der Waals surface area contributed by atoms with E-state index in [-0.39, 0.29) is 18.0 Å². The second-order valence-corrected chi connectivity index (χ2v) is 9.92. The normalized spacial score (nSPS) is 12.1. The fourth-order valence-electron chi connectivity index (χ4n) is 3.37. The van der Waals surface area contributed by atoms with Gasteiger partial charge in [-0.05, 0) is 30.7 Å². The lowest BCUT2D eigenvalue weighted by Crippen LogP contribution is -2.51. The van der Waals surface area contributed by atoms with Crippen LogP contribution in [0.25, 0.3) is 0 Å². The second-order valence-electron chi connectivity index (χ2n) is 7.20. The average Bonchev–Trinajstić information content (AvgIpc) is 2.77. The summed E-state index contributed by atoms with van der Waals surface area (Å²) in [6, 6.07) is 10.5. The number of nitrogens with one attached hydrogen (secondary N) is 1. The Hall–Kier alpha value is -2.49. The molecular weight excluding hydrogens is 489 g/mol. The lowest BCUT2D eigenvalue weighted by molar-refractivity contribution is -0.140. The molecule has 0 saturated carbocycles. The highest BCUT2D eigenvalue weighted by molar-refractivity contribution is 7.92. The number of sulfonamides is 1. The van der Waals surface area contributed by atoms with Crippen molar-refractivity contribution in [3.8, 4) is 5.75 Å². The Balaban J connectivity index is 2.52. The quantitative estimate of drug-likeness (QED) is 0.523. The largest absolute Gasteiger partial charge is 0.495 e. The molecule has 0 unspecified atom stereocenters. The number of nitrogens with zero attached hydrogens (tertiary/aromatic N) is 2. The van der Waals surface area contributed by atoms with Gasteiger partial charge in [0.2, 0.25) is 21.8 Å². The summed E-state index contributed by atoms with van der Waals surface area (Å²) in [5, 5.41) is 3.21. The SMILES string of the molecule is CC[C@@H](C(=O)NC)N(Cc1c(Cl)cccc1Cl)C(=O)CN(c1ccccc1OC)S(C)(=O)=O.